The highest BCUT2D eigenvalue weighted by Gasteiger charge is 2.31. The van der Waals surface area contributed by atoms with Crippen molar-refractivity contribution in [2.24, 2.45) is 0 Å². The maximum absolute atomic E-state index is 12.6. The first-order valence-corrected chi connectivity index (χ1v) is 6.93. The van der Waals surface area contributed by atoms with Crippen LogP contribution in [0.3, 0.4) is 0 Å². The number of aliphatic hydroxyl groups excluding tert-OH is 2. The third-order valence-corrected chi connectivity index (χ3v) is 3.76. The molecule has 2 atom stereocenters. The predicted molar refractivity (Wildman–Crippen MR) is 74.8 cm³/mol. The lowest BCUT2D eigenvalue weighted by atomic mass is 9.94. The average molecular weight is 305 g/mol. The zero-order valence-electron chi connectivity index (χ0n) is 12.2. The van der Waals surface area contributed by atoms with Crippen molar-refractivity contribution < 1.29 is 23.4 Å². The van der Waals surface area contributed by atoms with Crippen molar-refractivity contribution in [3.05, 3.63) is 35.4 Å². The fourth-order valence-corrected chi connectivity index (χ4v) is 2.02. The SMILES string of the molecule is CCC(C)(CCO)NCC(O)c1cccc(C(F)(F)F)c1. The number of alkyl halides is 3. The van der Waals surface area contributed by atoms with Crippen LogP contribution in [-0.4, -0.2) is 28.9 Å². The summed E-state index contributed by atoms with van der Waals surface area (Å²) in [4.78, 5) is 0. The fraction of sp³-hybridized carbons (Fsp3) is 0.600. The minimum Gasteiger partial charge on any atom is -0.396 e. The summed E-state index contributed by atoms with van der Waals surface area (Å²) in [6, 6.07) is 4.69. The van der Waals surface area contributed by atoms with Crippen LogP contribution in [0.4, 0.5) is 13.2 Å². The fourth-order valence-electron chi connectivity index (χ4n) is 2.02. The monoisotopic (exact) mass is 305 g/mol. The molecule has 1 rings (SSSR count). The van der Waals surface area contributed by atoms with Gasteiger partial charge in [0.05, 0.1) is 11.7 Å². The van der Waals surface area contributed by atoms with Crippen LogP contribution in [0.5, 0.6) is 0 Å². The molecule has 2 unspecified atom stereocenters. The van der Waals surface area contributed by atoms with Gasteiger partial charge in [-0.1, -0.05) is 19.1 Å². The molecule has 120 valence electrons. The van der Waals surface area contributed by atoms with Gasteiger partial charge in [-0.25, -0.2) is 0 Å². The summed E-state index contributed by atoms with van der Waals surface area (Å²) in [6.07, 6.45) is -4.20. The maximum Gasteiger partial charge on any atom is 0.416 e. The van der Waals surface area contributed by atoms with Crippen molar-refractivity contribution >= 4 is 0 Å². The molecule has 1 aromatic rings. The summed E-state index contributed by atoms with van der Waals surface area (Å²) < 4.78 is 37.9. The Morgan fingerprint density at radius 2 is 1.95 bits per heavy atom. The van der Waals surface area contributed by atoms with E-state index in [-0.39, 0.29) is 24.3 Å². The van der Waals surface area contributed by atoms with Gasteiger partial charge in [-0.3, -0.25) is 0 Å². The Morgan fingerprint density at radius 3 is 2.48 bits per heavy atom. The standard InChI is InChI=1S/C15H22F3NO2/c1-3-14(2,7-8-20)19-10-13(21)11-5-4-6-12(9-11)15(16,17)18/h4-6,9,13,19-21H,3,7-8,10H2,1-2H3. The molecule has 0 bridgehead atoms. The van der Waals surface area contributed by atoms with E-state index in [1.54, 1.807) is 0 Å². The second-order valence-corrected chi connectivity index (χ2v) is 5.41. The Hall–Kier alpha value is -1.11. The van der Waals surface area contributed by atoms with E-state index in [0.717, 1.165) is 18.6 Å². The third kappa shape index (κ3) is 5.30. The van der Waals surface area contributed by atoms with E-state index in [1.807, 2.05) is 13.8 Å². The number of rotatable bonds is 7. The Kier molecular flexibility index (Phi) is 6.19. The van der Waals surface area contributed by atoms with Crippen LogP contribution in [0.1, 0.15) is 43.9 Å². The first-order valence-electron chi connectivity index (χ1n) is 6.93. The summed E-state index contributed by atoms with van der Waals surface area (Å²) >= 11 is 0. The molecule has 21 heavy (non-hydrogen) atoms. The molecule has 0 aliphatic carbocycles. The number of aliphatic hydroxyl groups is 2. The number of halogens is 3. The number of β-amino-alcohol motifs (C(OH)–C–C–N with tert-alkyl or cyclic N) is 1. The van der Waals surface area contributed by atoms with E-state index in [9.17, 15) is 18.3 Å². The molecule has 0 aliphatic rings. The van der Waals surface area contributed by atoms with Gasteiger partial charge in [-0.05, 0) is 37.5 Å². The van der Waals surface area contributed by atoms with Gasteiger partial charge in [-0.15, -0.1) is 0 Å². The molecule has 1 aromatic carbocycles. The highest BCUT2D eigenvalue weighted by Crippen LogP contribution is 2.30. The molecule has 0 spiro atoms. The molecule has 0 radical (unpaired) electrons. The minimum absolute atomic E-state index is 0.0109. The minimum atomic E-state index is -4.42. The Labute approximate surface area is 122 Å². The smallest absolute Gasteiger partial charge is 0.396 e. The van der Waals surface area contributed by atoms with E-state index >= 15 is 0 Å². The van der Waals surface area contributed by atoms with Crippen molar-refractivity contribution in [2.75, 3.05) is 13.2 Å². The average Bonchev–Trinajstić information content (AvgIpc) is 2.44. The molecule has 0 saturated heterocycles. The van der Waals surface area contributed by atoms with Crippen LogP contribution in [0.2, 0.25) is 0 Å². The van der Waals surface area contributed by atoms with Gasteiger partial charge >= 0.3 is 6.18 Å². The van der Waals surface area contributed by atoms with Crippen molar-refractivity contribution in [3.8, 4) is 0 Å². The van der Waals surface area contributed by atoms with Gasteiger partial charge in [0, 0.05) is 18.7 Å². The second-order valence-electron chi connectivity index (χ2n) is 5.41. The van der Waals surface area contributed by atoms with Gasteiger partial charge in [0.15, 0.2) is 0 Å². The lowest BCUT2D eigenvalue weighted by molar-refractivity contribution is -0.137. The predicted octanol–water partition coefficient (Wildman–Crippen LogP) is 2.88. The number of hydrogen-bond donors (Lipinski definition) is 3. The highest BCUT2D eigenvalue weighted by atomic mass is 19.4. The van der Waals surface area contributed by atoms with Crippen LogP contribution < -0.4 is 5.32 Å². The second kappa shape index (κ2) is 7.24. The number of benzene rings is 1. The summed E-state index contributed by atoms with van der Waals surface area (Å²) in [6.45, 7) is 3.99. The lowest BCUT2D eigenvalue weighted by Gasteiger charge is -2.30. The molecule has 0 saturated carbocycles. The summed E-state index contributed by atoms with van der Waals surface area (Å²) in [7, 11) is 0. The molecule has 0 heterocycles. The maximum atomic E-state index is 12.6. The Morgan fingerprint density at radius 1 is 1.29 bits per heavy atom. The zero-order chi connectivity index (χ0) is 16.1. The summed E-state index contributed by atoms with van der Waals surface area (Å²) in [5, 5.41) is 22.2. The van der Waals surface area contributed by atoms with E-state index in [4.69, 9.17) is 5.11 Å². The van der Waals surface area contributed by atoms with Crippen LogP contribution in [0.15, 0.2) is 24.3 Å². The quantitative estimate of drug-likeness (QED) is 0.726. The Bertz CT molecular complexity index is 451. The van der Waals surface area contributed by atoms with Gasteiger partial charge in [0.1, 0.15) is 0 Å². The molecule has 0 amide bonds. The summed E-state index contributed by atoms with van der Waals surface area (Å²) in [5.41, 5.74) is -0.899. The molecular weight excluding hydrogens is 283 g/mol. The van der Waals surface area contributed by atoms with E-state index < -0.39 is 17.8 Å². The van der Waals surface area contributed by atoms with Gasteiger partial charge in [-0.2, -0.15) is 13.2 Å². The van der Waals surface area contributed by atoms with Crippen molar-refractivity contribution in [3.63, 3.8) is 0 Å². The molecule has 3 nitrogen and oxygen atoms in total. The third-order valence-electron chi connectivity index (χ3n) is 3.76. The molecule has 3 N–H and O–H groups in total. The van der Waals surface area contributed by atoms with E-state index in [2.05, 4.69) is 5.32 Å². The lowest BCUT2D eigenvalue weighted by Crippen LogP contribution is -2.44. The van der Waals surface area contributed by atoms with Gasteiger partial charge < -0.3 is 15.5 Å². The largest absolute Gasteiger partial charge is 0.416 e. The van der Waals surface area contributed by atoms with Crippen molar-refractivity contribution in [1.82, 2.24) is 5.32 Å². The number of hydrogen-bond acceptors (Lipinski definition) is 3. The van der Waals surface area contributed by atoms with Crippen LogP contribution in [-0.2, 0) is 6.18 Å². The number of nitrogens with one attached hydrogen (secondary N) is 1. The van der Waals surface area contributed by atoms with Crippen molar-refractivity contribution in [1.29, 1.82) is 0 Å². The Balaban J connectivity index is 2.74. The zero-order valence-corrected chi connectivity index (χ0v) is 12.2. The molecule has 6 heteroatoms. The first-order chi connectivity index (χ1) is 9.72. The van der Waals surface area contributed by atoms with E-state index in [0.29, 0.717) is 6.42 Å². The van der Waals surface area contributed by atoms with Crippen LogP contribution >= 0.6 is 0 Å². The normalized spacial score (nSPS) is 16.5. The molecule has 0 fully saturated rings. The van der Waals surface area contributed by atoms with Crippen molar-refractivity contribution in [2.45, 2.75) is 44.5 Å². The van der Waals surface area contributed by atoms with Crippen LogP contribution in [0.25, 0.3) is 0 Å². The molecular formula is C15H22F3NO2. The van der Waals surface area contributed by atoms with E-state index in [1.165, 1.54) is 12.1 Å². The first kappa shape index (κ1) is 17.9. The molecule has 0 aromatic heterocycles. The van der Waals surface area contributed by atoms with Crippen LogP contribution in [0, 0.1) is 0 Å². The highest BCUT2D eigenvalue weighted by molar-refractivity contribution is 5.27. The van der Waals surface area contributed by atoms with Gasteiger partial charge in [0.25, 0.3) is 0 Å². The topological polar surface area (TPSA) is 52.5 Å². The summed E-state index contributed by atoms with van der Waals surface area (Å²) in [5.74, 6) is 0. The van der Waals surface area contributed by atoms with Gasteiger partial charge in [0.2, 0.25) is 0 Å². The molecule has 0 aliphatic heterocycles.